The number of para-hydroxylation sites is 3. The van der Waals surface area contributed by atoms with E-state index in [0.717, 1.165) is 22.7 Å². The van der Waals surface area contributed by atoms with Gasteiger partial charge in [-0.2, -0.15) is 0 Å². The molecule has 8 aromatic rings. The van der Waals surface area contributed by atoms with Crippen molar-refractivity contribution >= 4 is 34.1 Å². The molecule has 0 atom stereocenters. The quantitative estimate of drug-likeness (QED) is 0.180. The number of hydrogen-bond acceptors (Lipinski definition) is 3. The van der Waals surface area contributed by atoms with Gasteiger partial charge in [-0.1, -0.05) is 139 Å². The monoisotopic (exact) mass is 691 g/mol. The molecule has 3 heterocycles. The standard InChI is InChI=1S/C51H37N3/c1-34-26-28-48-44(31-34)51(45-32-35(2)27-29-49(45)53(48)36-15-4-3-5-16-36)40-20-8-6-18-38(40)50(39-19-7-9-21-41(39)51)42-22-10-12-24-46(42)54(37-17-14-30-52-33-37)47-25-13-11-23-43(47)50/h3-33H,1-2H3. The third-order valence-electron chi connectivity index (χ3n) is 12.1. The van der Waals surface area contributed by atoms with Gasteiger partial charge >= 0.3 is 0 Å². The minimum Gasteiger partial charge on any atom is -0.310 e. The SMILES string of the molecule is Cc1ccc2c(c1)C1(c3cc(C)ccc3N2c2ccccc2)c2ccccc2C2(c3ccccc3N(c3cccnc3)c3ccccc32)c2ccccc21. The van der Waals surface area contributed by atoms with E-state index in [0.29, 0.717) is 0 Å². The van der Waals surface area contributed by atoms with E-state index in [-0.39, 0.29) is 0 Å². The van der Waals surface area contributed by atoms with Crippen molar-refractivity contribution in [2.24, 2.45) is 0 Å². The Labute approximate surface area is 316 Å². The van der Waals surface area contributed by atoms with E-state index < -0.39 is 10.8 Å². The lowest BCUT2D eigenvalue weighted by Gasteiger charge is -2.56. The van der Waals surface area contributed by atoms with Crippen LogP contribution in [0.4, 0.5) is 34.1 Å². The van der Waals surface area contributed by atoms with Gasteiger partial charge < -0.3 is 9.80 Å². The second-order valence-corrected chi connectivity index (χ2v) is 14.9. The summed E-state index contributed by atoms with van der Waals surface area (Å²) in [7, 11) is 0. The highest BCUT2D eigenvalue weighted by atomic mass is 15.2. The summed E-state index contributed by atoms with van der Waals surface area (Å²) >= 11 is 0. The van der Waals surface area contributed by atoms with Gasteiger partial charge in [0, 0.05) is 11.9 Å². The van der Waals surface area contributed by atoms with Crippen LogP contribution < -0.4 is 9.80 Å². The third-order valence-corrected chi connectivity index (χ3v) is 12.1. The van der Waals surface area contributed by atoms with Crippen LogP contribution in [-0.2, 0) is 10.8 Å². The number of pyridine rings is 1. The number of anilines is 6. The average molecular weight is 692 g/mol. The van der Waals surface area contributed by atoms with E-state index >= 15 is 0 Å². The Bertz CT molecular complexity index is 2620. The Kier molecular flexibility index (Phi) is 6.51. The van der Waals surface area contributed by atoms with Crippen molar-refractivity contribution in [1.82, 2.24) is 4.98 Å². The molecule has 0 amide bonds. The molecule has 0 bridgehead atoms. The molecule has 0 unspecified atom stereocenters. The molecular weight excluding hydrogens is 655 g/mol. The summed E-state index contributed by atoms with van der Waals surface area (Å²) in [6.07, 6.45) is 3.82. The number of rotatable bonds is 2. The van der Waals surface area contributed by atoms with Crippen LogP contribution in [0.2, 0.25) is 0 Å². The molecule has 256 valence electrons. The molecule has 54 heavy (non-hydrogen) atoms. The Hall–Kier alpha value is -6.71. The van der Waals surface area contributed by atoms with Crippen LogP contribution in [0.5, 0.6) is 0 Å². The largest absolute Gasteiger partial charge is 0.310 e. The topological polar surface area (TPSA) is 19.4 Å². The lowest BCUT2D eigenvalue weighted by atomic mass is 9.49. The lowest BCUT2D eigenvalue weighted by Crippen LogP contribution is -2.49. The molecule has 1 aromatic heterocycles. The first-order valence-corrected chi connectivity index (χ1v) is 18.8. The minimum absolute atomic E-state index is 0.600. The van der Waals surface area contributed by atoms with E-state index in [4.69, 9.17) is 0 Å². The zero-order valence-electron chi connectivity index (χ0n) is 30.2. The Morgan fingerprint density at radius 1 is 0.352 bits per heavy atom. The summed E-state index contributed by atoms with van der Waals surface area (Å²) in [5, 5.41) is 0. The van der Waals surface area contributed by atoms with Crippen LogP contribution in [0.25, 0.3) is 0 Å². The lowest BCUT2D eigenvalue weighted by molar-refractivity contribution is 0.607. The highest BCUT2D eigenvalue weighted by Gasteiger charge is 2.58. The fourth-order valence-electron chi connectivity index (χ4n) is 10.2. The fraction of sp³-hybridized carbons (Fsp3) is 0.0784. The number of aromatic nitrogens is 1. The first-order valence-electron chi connectivity index (χ1n) is 18.8. The predicted octanol–water partition coefficient (Wildman–Crippen LogP) is 12.3. The van der Waals surface area contributed by atoms with E-state index in [1.165, 1.54) is 67.0 Å². The summed E-state index contributed by atoms with van der Waals surface area (Å²) in [5.41, 5.74) is 18.6. The normalized spacial score (nSPS) is 15.1. The van der Waals surface area contributed by atoms with Crippen molar-refractivity contribution in [2.45, 2.75) is 24.7 Å². The summed E-state index contributed by atoms with van der Waals surface area (Å²) in [5.74, 6) is 0. The Morgan fingerprint density at radius 3 is 1.22 bits per heavy atom. The maximum absolute atomic E-state index is 4.58. The molecule has 0 N–H and O–H groups in total. The van der Waals surface area contributed by atoms with Crippen LogP contribution in [0.3, 0.4) is 0 Å². The Balaban J connectivity index is 1.32. The van der Waals surface area contributed by atoms with Crippen LogP contribution in [-0.4, -0.2) is 4.98 Å². The first-order chi connectivity index (χ1) is 26.6. The van der Waals surface area contributed by atoms with Gasteiger partial charge in [-0.25, -0.2) is 0 Å². The van der Waals surface area contributed by atoms with E-state index in [2.05, 4.69) is 198 Å². The fourth-order valence-corrected chi connectivity index (χ4v) is 10.2. The van der Waals surface area contributed by atoms with Gasteiger partial charge in [0.1, 0.15) is 0 Å². The van der Waals surface area contributed by atoms with Gasteiger partial charge in [-0.05, 0) is 107 Å². The summed E-state index contributed by atoms with van der Waals surface area (Å²) in [6.45, 7) is 4.46. The van der Waals surface area contributed by atoms with Gasteiger partial charge in [-0.3, -0.25) is 4.98 Å². The van der Waals surface area contributed by atoms with Crippen LogP contribution >= 0.6 is 0 Å². The summed E-state index contributed by atoms with van der Waals surface area (Å²) in [4.78, 5) is 9.45. The van der Waals surface area contributed by atoms with Crippen LogP contribution in [0.15, 0.2) is 188 Å². The second kappa shape index (κ2) is 11.4. The molecule has 0 saturated heterocycles. The van der Waals surface area contributed by atoms with E-state index in [9.17, 15) is 0 Å². The molecule has 0 saturated carbocycles. The van der Waals surface area contributed by atoms with Crippen LogP contribution in [0, 0.1) is 13.8 Å². The maximum atomic E-state index is 4.58. The number of hydrogen-bond donors (Lipinski definition) is 0. The van der Waals surface area contributed by atoms with Crippen LogP contribution in [0.1, 0.15) is 55.6 Å². The number of aryl methyl sites for hydroxylation is 2. The molecule has 1 aliphatic carbocycles. The molecular formula is C51H37N3. The number of nitrogens with zero attached hydrogens (tertiary/aromatic N) is 3. The van der Waals surface area contributed by atoms with E-state index in [1.807, 2.05) is 18.5 Å². The maximum Gasteiger partial charge on any atom is 0.0748 e. The molecule has 0 radical (unpaired) electrons. The van der Waals surface area contributed by atoms with Crippen molar-refractivity contribution in [3.8, 4) is 0 Å². The van der Waals surface area contributed by atoms with Crippen molar-refractivity contribution in [1.29, 1.82) is 0 Å². The molecule has 11 rings (SSSR count). The van der Waals surface area contributed by atoms with Gasteiger partial charge in [0.25, 0.3) is 0 Å². The highest BCUT2D eigenvalue weighted by Crippen LogP contribution is 2.68. The zero-order chi connectivity index (χ0) is 36.0. The minimum atomic E-state index is -0.602. The highest BCUT2D eigenvalue weighted by molar-refractivity contribution is 5.95. The second-order valence-electron chi connectivity index (χ2n) is 14.9. The first kappa shape index (κ1) is 30.9. The van der Waals surface area contributed by atoms with Crippen molar-refractivity contribution in [3.05, 3.63) is 244 Å². The molecule has 2 spiro atoms. The zero-order valence-corrected chi connectivity index (χ0v) is 30.2. The Morgan fingerprint density at radius 2 is 0.741 bits per heavy atom. The molecule has 3 aliphatic rings. The van der Waals surface area contributed by atoms with E-state index in [1.54, 1.807) is 0 Å². The third kappa shape index (κ3) is 3.88. The van der Waals surface area contributed by atoms with Crippen molar-refractivity contribution < 1.29 is 0 Å². The van der Waals surface area contributed by atoms with Crippen molar-refractivity contribution in [3.63, 3.8) is 0 Å². The molecule has 7 aromatic carbocycles. The molecule has 3 heteroatoms. The van der Waals surface area contributed by atoms with Gasteiger partial charge in [0.05, 0.1) is 45.5 Å². The van der Waals surface area contributed by atoms with Gasteiger partial charge in [0.2, 0.25) is 0 Å². The summed E-state index contributed by atoms with van der Waals surface area (Å²) in [6, 6.07) is 65.8. The van der Waals surface area contributed by atoms with Gasteiger partial charge in [0.15, 0.2) is 0 Å². The molecule has 0 fully saturated rings. The number of fused-ring (bicyclic) bond motifs is 14. The predicted molar refractivity (Wildman–Crippen MR) is 220 cm³/mol. The average Bonchev–Trinajstić information content (AvgIpc) is 3.23. The smallest absolute Gasteiger partial charge is 0.0748 e. The summed E-state index contributed by atoms with van der Waals surface area (Å²) < 4.78 is 0. The molecule has 2 aliphatic heterocycles. The van der Waals surface area contributed by atoms with Gasteiger partial charge in [-0.15, -0.1) is 0 Å². The molecule has 3 nitrogen and oxygen atoms in total. The number of benzene rings is 7. The van der Waals surface area contributed by atoms with Crippen molar-refractivity contribution in [2.75, 3.05) is 9.80 Å².